The largest absolute Gasteiger partial charge is 0.380 e. The van der Waals surface area contributed by atoms with Crippen LogP contribution in [0, 0.1) is 6.92 Å². The lowest BCUT2D eigenvalue weighted by Crippen LogP contribution is -2.41. The summed E-state index contributed by atoms with van der Waals surface area (Å²) in [5.74, 6) is 0.872. The van der Waals surface area contributed by atoms with Crippen LogP contribution in [0.2, 0.25) is 0 Å². The number of hydrogen-bond donors (Lipinski definition) is 1. The van der Waals surface area contributed by atoms with E-state index < -0.39 is 0 Å². The molecule has 7 heteroatoms. The standard InChI is InChI=1S/C18H23N5O2/c1-13-9-19-5-3-14(13)7-18(24)21-10-15-8-16(25-2)11-23(15)17-4-6-20-12-22-17/h3-6,9,12,15-16H,7-8,10-11H2,1-2H3,(H,21,24)/t15-,16-/m1/s1. The monoisotopic (exact) mass is 341 g/mol. The van der Waals surface area contributed by atoms with Crippen molar-refractivity contribution in [3.63, 3.8) is 0 Å². The quantitative estimate of drug-likeness (QED) is 0.848. The van der Waals surface area contributed by atoms with Gasteiger partial charge in [-0.15, -0.1) is 0 Å². The predicted molar refractivity (Wildman–Crippen MR) is 94.3 cm³/mol. The molecule has 1 aliphatic rings. The van der Waals surface area contributed by atoms with E-state index in [0.717, 1.165) is 29.9 Å². The third kappa shape index (κ3) is 4.30. The summed E-state index contributed by atoms with van der Waals surface area (Å²) in [4.78, 5) is 26.8. The Hall–Kier alpha value is -2.54. The highest BCUT2D eigenvalue weighted by atomic mass is 16.5. The molecule has 1 aliphatic heterocycles. The number of ether oxygens (including phenoxy) is 1. The van der Waals surface area contributed by atoms with Crippen LogP contribution in [0.15, 0.2) is 37.1 Å². The summed E-state index contributed by atoms with van der Waals surface area (Å²) in [6.07, 6.45) is 8.12. The van der Waals surface area contributed by atoms with Crippen molar-refractivity contribution in [1.29, 1.82) is 0 Å². The van der Waals surface area contributed by atoms with E-state index in [9.17, 15) is 4.79 Å². The number of anilines is 1. The minimum Gasteiger partial charge on any atom is -0.380 e. The van der Waals surface area contributed by atoms with Gasteiger partial charge in [0, 0.05) is 38.8 Å². The van der Waals surface area contributed by atoms with Gasteiger partial charge in [0.2, 0.25) is 5.91 Å². The maximum Gasteiger partial charge on any atom is 0.224 e. The fourth-order valence-corrected chi connectivity index (χ4v) is 3.14. The molecule has 0 aromatic carbocycles. The van der Waals surface area contributed by atoms with Crippen LogP contribution in [0.25, 0.3) is 0 Å². The molecule has 7 nitrogen and oxygen atoms in total. The zero-order chi connectivity index (χ0) is 17.6. The first kappa shape index (κ1) is 17.3. The van der Waals surface area contributed by atoms with E-state index in [-0.39, 0.29) is 18.1 Å². The number of aromatic nitrogens is 3. The summed E-state index contributed by atoms with van der Waals surface area (Å²) in [6.45, 7) is 3.29. The van der Waals surface area contributed by atoms with Crippen LogP contribution in [0.4, 0.5) is 5.82 Å². The molecule has 2 atom stereocenters. The first-order chi connectivity index (χ1) is 12.2. The Labute approximate surface area is 147 Å². The number of amides is 1. The Morgan fingerprint density at radius 2 is 2.20 bits per heavy atom. The van der Waals surface area contributed by atoms with Gasteiger partial charge in [0.25, 0.3) is 0 Å². The average molecular weight is 341 g/mol. The second-order valence-corrected chi connectivity index (χ2v) is 6.25. The first-order valence-electron chi connectivity index (χ1n) is 8.39. The van der Waals surface area contributed by atoms with Gasteiger partial charge in [0.1, 0.15) is 12.1 Å². The molecule has 1 N–H and O–H groups in total. The molecule has 0 aliphatic carbocycles. The summed E-state index contributed by atoms with van der Waals surface area (Å²) >= 11 is 0. The molecule has 3 heterocycles. The second kappa shape index (κ2) is 8.02. The predicted octanol–water partition coefficient (Wildman–Crippen LogP) is 1.13. The maximum absolute atomic E-state index is 12.3. The highest BCUT2D eigenvalue weighted by molar-refractivity contribution is 5.78. The fraction of sp³-hybridized carbons (Fsp3) is 0.444. The number of hydrogen-bond acceptors (Lipinski definition) is 6. The van der Waals surface area contributed by atoms with Gasteiger partial charge in [-0.2, -0.15) is 0 Å². The molecular formula is C18H23N5O2. The highest BCUT2D eigenvalue weighted by Gasteiger charge is 2.33. The molecule has 132 valence electrons. The minimum atomic E-state index is 0.0119. The molecule has 1 saturated heterocycles. The molecule has 0 unspecified atom stereocenters. The summed E-state index contributed by atoms with van der Waals surface area (Å²) in [6, 6.07) is 3.92. The molecular weight excluding hydrogens is 318 g/mol. The van der Waals surface area contributed by atoms with Crippen molar-refractivity contribution < 1.29 is 9.53 Å². The van der Waals surface area contributed by atoms with Crippen LogP contribution in [-0.4, -0.2) is 53.2 Å². The van der Waals surface area contributed by atoms with E-state index in [2.05, 4.69) is 25.2 Å². The lowest BCUT2D eigenvalue weighted by atomic mass is 10.1. The van der Waals surface area contributed by atoms with Crippen LogP contribution in [0.5, 0.6) is 0 Å². The Morgan fingerprint density at radius 3 is 2.92 bits per heavy atom. The maximum atomic E-state index is 12.3. The van der Waals surface area contributed by atoms with E-state index in [1.807, 2.05) is 19.1 Å². The normalized spacial score (nSPS) is 19.8. The summed E-state index contributed by atoms with van der Waals surface area (Å²) in [5, 5.41) is 3.04. The number of methoxy groups -OCH3 is 1. The van der Waals surface area contributed by atoms with Gasteiger partial charge >= 0.3 is 0 Å². The molecule has 3 rings (SSSR count). The van der Waals surface area contributed by atoms with Gasteiger partial charge in [0.15, 0.2) is 0 Å². The molecule has 1 amide bonds. The van der Waals surface area contributed by atoms with Crippen LogP contribution in [0.3, 0.4) is 0 Å². The van der Waals surface area contributed by atoms with Gasteiger partial charge < -0.3 is 15.0 Å². The van der Waals surface area contributed by atoms with Gasteiger partial charge in [-0.05, 0) is 36.6 Å². The minimum absolute atomic E-state index is 0.0119. The molecule has 0 saturated carbocycles. The van der Waals surface area contributed by atoms with Crippen molar-refractivity contribution in [2.45, 2.75) is 31.9 Å². The molecule has 2 aromatic heterocycles. The number of aryl methyl sites for hydroxylation is 1. The number of carbonyl (C=O) groups excluding carboxylic acids is 1. The summed E-state index contributed by atoms with van der Waals surface area (Å²) in [5.41, 5.74) is 2.03. The molecule has 2 aromatic rings. The van der Waals surface area contributed by atoms with Crippen molar-refractivity contribution in [2.75, 3.05) is 25.1 Å². The lowest BCUT2D eigenvalue weighted by molar-refractivity contribution is -0.120. The van der Waals surface area contributed by atoms with Crippen LogP contribution in [-0.2, 0) is 16.0 Å². The third-order valence-corrected chi connectivity index (χ3v) is 4.59. The topological polar surface area (TPSA) is 80.2 Å². The van der Waals surface area contributed by atoms with Crippen molar-refractivity contribution in [1.82, 2.24) is 20.3 Å². The Morgan fingerprint density at radius 1 is 1.36 bits per heavy atom. The van der Waals surface area contributed by atoms with Crippen LogP contribution >= 0.6 is 0 Å². The molecule has 0 spiro atoms. The van der Waals surface area contributed by atoms with Gasteiger partial charge in [0.05, 0.1) is 18.6 Å². The smallest absolute Gasteiger partial charge is 0.224 e. The second-order valence-electron chi connectivity index (χ2n) is 6.25. The third-order valence-electron chi connectivity index (χ3n) is 4.59. The average Bonchev–Trinajstić information content (AvgIpc) is 3.06. The zero-order valence-corrected chi connectivity index (χ0v) is 14.6. The van der Waals surface area contributed by atoms with Crippen molar-refractivity contribution >= 4 is 11.7 Å². The fourth-order valence-electron chi connectivity index (χ4n) is 3.14. The number of carbonyl (C=O) groups is 1. The number of nitrogens with zero attached hydrogens (tertiary/aromatic N) is 4. The van der Waals surface area contributed by atoms with E-state index in [1.165, 1.54) is 6.33 Å². The lowest BCUT2D eigenvalue weighted by Gasteiger charge is -2.25. The van der Waals surface area contributed by atoms with Gasteiger partial charge in [-0.1, -0.05) is 0 Å². The van der Waals surface area contributed by atoms with E-state index in [0.29, 0.717) is 13.0 Å². The van der Waals surface area contributed by atoms with Crippen LogP contribution in [0.1, 0.15) is 17.5 Å². The number of rotatable bonds is 6. The first-order valence-corrected chi connectivity index (χ1v) is 8.39. The number of nitrogens with one attached hydrogen (secondary N) is 1. The Balaban J connectivity index is 1.60. The van der Waals surface area contributed by atoms with Crippen molar-refractivity contribution in [3.8, 4) is 0 Å². The SMILES string of the molecule is CO[C@@H]1C[C@H](CNC(=O)Cc2ccncc2C)N(c2ccncn2)C1. The summed E-state index contributed by atoms with van der Waals surface area (Å²) in [7, 11) is 1.72. The molecule has 0 bridgehead atoms. The van der Waals surface area contributed by atoms with Gasteiger partial charge in [-0.25, -0.2) is 9.97 Å². The van der Waals surface area contributed by atoms with E-state index in [1.54, 1.807) is 25.7 Å². The Bertz CT molecular complexity index is 710. The van der Waals surface area contributed by atoms with E-state index >= 15 is 0 Å². The van der Waals surface area contributed by atoms with Crippen LogP contribution < -0.4 is 10.2 Å². The Kier molecular flexibility index (Phi) is 5.55. The molecule has 25 heavy (non-hydrogen) atoms. The van der Waals surface area contributed by atoms with Gasteiger partial charge in [-0.3, -0.25) is 9.78 Å². The zero-order valence-electron chi connectivity index (χ0n) is 14.6. The molecule has 0 radical (unpaired) electrons. The highest BCUT2D eigenvalue weighted by Crippen LogP contribution is 2.24. The summed E-state index contributed by atoms with van der Waals surface area (Å²) < 4.78 is 5.51. The van der Waals surface area contributed by atoms with Crippen molar-refractivity contribution in [3.05, 3.63) is 48.2 Å². The molecule has 1 fully saturated rings. The number of pyridine rings is 1. The van der Waals surface area contributed by atoms with Crippen molar-refractivity contribution in [2.24, 2.45) is 0 Å². The van der Waals surface area contributed by atoms with E-state index in [4.69, 9.17) is 4.74 Å².